The highest BCUT2D eigenvalue weighted by Crippen LogP contribution is 2.25. The normalized spacial score (nSPS) is 11.6. The molecule has 1 aromatic rings. The predicted molar refractivity (Wildman–Crippen MR) is 77.3 cm³/mol. The molecule has 17 heavy (non-hydrogen) atoms. The van der Waals surface area contributed by atoms with E-state index in [9.17, 15) is 0 Å². The van der Waals surface area contributed by atoms with Gasteiger partial charge < -0.3 is 10.1 Å². The maximum Gasteiger partial charge on any atom is 0.137 e. The molecule has 0 fully saturated rings. The highest BCUT2D eigenvalue weighted by atomic mass is 35.5. The summed E-state index contributed by atoms with van der Waals surface area (Å²) in [5.41, 5.74) is 1.17. The fraction of sp³-hybridized carbons (Fsp3) is 0.538. The molecule has 0 saturated heterocycles. The van der Waals surface area contributed by atoms with E-state index in [4.69, 9.17) is 16.3 Å². The summed E-state index contributed by atoms with van der Waals surface area (Å²) in [6, 6.07) is 5.88. The molecule has 1 rings (SSSR count). The predicted octanol–water partition coefficient (Wildman–Crippen LogP) is 3.58. The highest BCUT2D eigenvalue weighted by molar-refractivity contribution is 7.99. The molecule has 0 aliphatic rings. The van der Waals surface area contributed by atoms with E-state index in [-0.39, 0.29) is 4.75 Å². The first kappa shape index (κ1) is 14.7. The molecule has 0 heterocycles. The van der Waals surface area contributed by atoms with Gasteiger partial charge >= 0.3 is 0 Å². The van der Waals surface area contributed by atoms with Crippen molar-refractivity contribution in [3.05, 3.63) is 28.8 Å². The second-order valence-corrected chi connectivity index (χ2v) is 6.46. The summed E-state index contributed by atoms with van der Waals surface area (Å²) in [7, 11) is 1.63. The van der Waals surface area contributed by atoms with Crippen LogP contribution >= 0.6 is 23.4 Å². The number of ether oxygens (including phenoxy) is 1. The third kappa shape index (κ3) is 4.78. The van der Waals surface area contributed by atoms with Crippen molar-refractivity contribution < 1.29 is 4.74 Å². The lowest BCUT2D eigenvalue weighted by atomic mass is 10.2. The Hall–Kier alpha value is -0.380. The van der Waals surface area contributed by atoms with Crippen LogP contribution < -0.4 is 10.1 Å². The van der Waals surface area contributed by atoms with Gasteiger partial charge in [0.2, 0.25) is 0 Å². The SMILES string of the molecule is COc1ccc(CNCC(C)(C)SC)cc1Cl. The van der Waals surface area contributed by atoms with E-state index >= 15 is 0 Å². The van der Waals surface area contributed by atoms with Crippen LogP contribution in [0.2, 0.25) is 5.02 Å². The van der Waals surface area contributed by atoms with Gasteiger partial charge in [-0.3, -0.25) is 0 Å². The average molecular weight is 274 g/mol. The van der Waals surface area contributed by atoms with Crippen molar-refractivity contribution >= 4 is 23.4 Å². The number of hydrogen-bond donors (Lipinski definition) is 1. The zero-order valence-electron chi connectivity index (χ0n) is 10.8. The summed E-state index contributed by atoms with van der Waals surface area (Å²) in [4.78, 5) is 0. The minimum atomic E-state index is 0.260. The lowest BCUT2D eigenvalue weighted by Crippen LogP contribution is -2.31. The van der Waals surface area contributed by atoms with Crippen LogP contribution in [-0.2, 0) is 6.54 Å². The van der Waals surface area contributed by atoms with Crippen molar-refractivity contribution in [3.63, 3.8) is 0 Å². The van der Waals surface area contributed by atoms with Crippen LogP contribution in [0.1, 0.15) is 19.4 Å². The van der Waals surface area contributed by atoms with Crippen molar-refractivity contribution in [2.24, 2.45) is 0 Å². The fourth-order valence-corrected chi connectivity index (χ4v) is 1.93. The minimum absolute atomic E-state index is 0.260. The second kappa shape index (κ2) is 6.53. The molecule has 0 saturated carbocycles. The standard InChI is InChI=1S/C13H20ClNOS/c1-13(2,17-4)9-15-8-10-5-6-12(16-3)11(14)7-10/h5-7,15H,8-9H2,1-4H3. The molecule has 0 aromatic heterocycles. The van der Waals surface area contributed by atoms with Crippen molar-refractivity contribution in [2.75, 3.05) is 19.9 Å². The van der Waals surface area contributed by atoms with Crippen LogP contribution in [0, 0.1) is 0 Å². The van der Waals surface area contributed by atoms with E-state index in [1.165, 1.54) is 5.56 Å². The van der Waals surface area contributed by atoms with Gasteiger partial charge in [-0.05, 0) is 37.8 Å². The first-order chi connectivity index (χ1) is 7.98. The van der Waals surface area contributed by atoms with Gasteiger partial charge in [-0.1, -0.05) is 17.7 Å². The largest absolute Gasteiger partial charge is 0.495 e. The zero-order valence-corrected chi connectivity index (χ0v) is 12.4. The molecule has 0 amide bonds. The Labute approximate surface area is 113 Å². The van der Waals surface area contributed by atoms with Gasteiger partial charge in [0.15, 0.2) is 0 Å². The van der Waals surface area contributed by atoms with Gasteiger partial charge in [0.25, 0.3) is 0 Å². The Bertz CT molecular complexity index is 368. The van der Waals surface area contributed by atoms with Gasteiger partial charge in [0, 0.05) is 17.8 Å². The average Bonchev–Trinajstić information content (AvgIpc) is 2.29. The van der Waals surface area contributed by atoms with Crippen LogP contribution in [0.5, 0.6) is 5.75 Å². The summed E-state index contributed by atoms with van der Waals surface area (Å²) in [6.07, 6.45) is 2.13. The van der Waals surface area contributed by atoms with Gasteiger partial charge in [-0.15, -0.1) is 0 Å². The fourth-order valence-electron chi connectivity index (χ4n) is 1.40. The molecule has 0 spiro atoms. The Balaban J connectivity index is 2.50. The quantitative estimate of drug-likeness (QED) is 0.856. The highest BCUT2D eigenvalue weighted by Gasteiger charge is 2.14. The third-order valence-electron chi connectivity index (χ3n) is 2.65. The first-order valence-corrected chi connectivity index (χ1v) is 7.17. The van der Waals surface area contributed by atoms with Gasteiger partial charge in [-0.25, -0.2) is 0 Å². The van der Waals surface area contributed by atoms with E-state index < -0.39 is 0 Å². The van der Waals surface area contributed by atoms with E-state index in [2.05, 4.69) is 25.4 Å². The molecule has 2 nitrogen and oxygen atoms in total. The lowest BCUT2D eigenvalue weighted by molar-refractivity contribution is 0.415. The molecule has 0 aliphatic carbocycles. The summed E-state index contributed by atoms with van der Waals surface area (Å²) in [6.45, 7) is 6.25. The molecule has 0 unspecified atom stereocenters. The van der Waals surface area contributed by atoms with E-state index in [1.807, 2.05) is 30.0 Å². The van der Waals surface area contributed by atoms with Gasteiger partial charge in [-0.2, -0.15) is 11.8 Å². The van der Waals surface area contributed by atoms with Crippen molar-refractivity contribution in [1.29, 1.82) is 0 Å². The molecule has 4 heteroatoms. The molecule has 0 atom stereocenters. The smallest absolute Gasteiger partial charge is 0.137 e. The maximum atomic E-state index is 6.07. The summed E-state index contributed by atoms with van der Waals surface area (Å²) in [5, 5.41) is 4.10. The molecule has 0 bridgehead atoms. The topological polar surface area (TPSA) is 21.3 Å². The molecule has 0 aliphatic heterocycles. The Morgan fingerprint density at radius 2 is 2.12 bits per heavy atom. The number of nitrogens with one attached hydrogen (secondary N) is 1. The minimum Gasteiger partial charge on any atom is -0.495 e. The van der Waals surface area contributed by atoms with Gasteiger partial charge in [0.1, 0.15) is 5.75 Å². The van der Waals surface area contributed by atoms with Gasteiger partial charge in [0.05, 0.1) is 12.1 Å². The van der Waals surface area contributed by atoms with Crippen molar-refractivity contribution in [1.82, 2.24) is 5.32 Å². The summed E-state index contributed by atoms with van der Waals surface area (Å²) < 4.78 is 5.38. The molecule has 1 aromatic carbocycles. The first-order valence-electron chi connectivity index (χ1n) is 5.57. The maximum absolute atomic E-state index is 6.07. The zero-order chi connectivity index (χ0) is 12.9. The van der Waals surface area contributed by atoms with Crippen molar-refractivity contribution in [3.8, 4) is 5.75 Å². The second-order valence-electron chi connectivity index (χ2n) is 4.54. The lowest BCUT2D eigenvalue weighted by Gasteiger charge is -2.22. The third-order valence-corrected chi connectivity index (χ3v) is 4.19. The number of hydrogen-bond acceptors (Lipinski definition) is 3. The Morgan fingerprint density at radius 1 is 1.41 bits per heavy atom. The van der Waals surface area contributed by atoms with Crippen LogP contribution in [0.15, 0.2) is 18.2 Å². The molecule has 0 radical (unpaired) electrons. The number of methoxy groups -OCH3 is 1. The monoisotopic (exact) mass is 273 g/mol. The van der Waals surface area contributed by atoms with Crippen LogP contribution in [0.4, 0.5) is 0 Å². The molecule has 1 N–H and O–H groups in total. The van der Waals surface area contributed by atoms with Crippen LogP contribution in [0.25, 0.3) is 0 Å². The summed E-state index contributed by atoms with van der Waals surface area (Å²) >= 11 is 7.93. The summed E-state index contributed by atoms with van der Waals surface area (Å²) in [5.74, 6) is 0.722. The molecule has 96 valence electrons. The van der Waals surface area contributed by atoms with Crippen LogP contribution in [0.3, 0.4) is 0 Å². The van der Waals surface area contributed by atoms with E-state index in [0.29, 0.717) is 5.02 Å². The number of halogens is 1. The Morgan fingerprint density at radius 3 is 2.65 bits per heavy atom. The van der Waals surface area contributed by atoms with Crippen LogP contribution in [-0.4, -0.2) is 24.7 Å². The molecular weight excluding hydrogens is 254 g/mol. The Kier molecular flexibility index (Phi) is 5.63. The number of rotatable bonds is 6. The molecular formula is C13H20ClNOS. The van der Waals surface area contributed by atoms with Crippen molar-refractivity contribution in [2.45, 2.75) is 25.1 Å². The van der Waals surface area contributed by atoms with E-state index in [1.54, 1.807) is 7.11 Å². The van der Waals surface area contributed by atoms with E-state index in [0.717, 1.165) is 18.8 Å². The number of thioether (sulfide) groups is 1. The number of benzene rings is 1.